The van der Waals surface area contributed by atoms with E-state index in [2.05, 4.69) is 30.6 Å². The normalized spacial score (nSPS) is 12.2. The van der Waals surface area contributed by atoms with Gasteiger partial charge in [-0.15, -0.1) is 10.2 Å². The van der Waals surface area contributed by atoms with Gasteiger partial charge in [-0.3, -0.25) is 9.08 Å². The van der Waals surface area contributed by atoms with Crippen molar-refractivity contribution in [3.05, 3.63) is 84.3 Å². The van der Waals surface area contributed by atoms with Crippen molar-refractivity contribution in [2.75, 3.05) is 5.32 Å². The van der Waals surface area contributed by atoms with Crippen LogP contribution < -0.4 is 5.32 Å². The van der Waals surface area contributed by atoms with Crippen LogP contribution in [0.4, 0.5) is 16.2 Å². The Morgan fingerprint density at radius 2 is 1.91 bits per heavy atom. The van der Waals surface area contributed by atoms with E-state index >= 15 is 0 Å². The van der Waals surface area contributed by atoms with Gasteiger partial charge < -0.3 is 10.4 Å². The Bertz CT molecular complexity index is 1380. The number of anilines is 2. The molecular weight excluding hydrogens is 411 g/mol. The molecule has 0 amide bonds. The highest BCUT2D eigenvalue weighted by Crippen LogP contribution is 2.23. The number of aromatic nitrogens is 7. The second-order valence-corrected chi connectivity index (χ2v) is 7.28. The predicted molar refractivity (Wildman–Crippen MR) is 116 cm³/mol. The number of fused-ring (bicyclic) bond motifs is 1. The number of hydrogen-bond acceptors (Lipinski definition) is 7. The van der Waals surface area contributed by atoms with Gasteiger partial charge in [0.25, 0.3) is 0 Å². The second-order valence-electron chi connectivity index (χ2n) is 7.28. The molecule has 0 bridgehead atoms. The number of pyridine rings is 1. The molecule has 0 saturated heterocycles. The lowest BCUT2D eigenvalue weighted by Gasteiger charge is -2.10. The summed E-state index contributed by atoms with van der Waals surface area (Å²) in [6, 6.07) is 13.4. The topological polar surface area (TPSA) is 106 Å². The molecule has 10 heteroatoms. The van der Waals surface area contributed by atoms with Crippen LogP contribution in [0, 0.1) is 5.82 Å². The van der Waals surface area contributed by atoms with E-state index in [0.717, 1.165) is 16.9 Å². The molecule has 9 nitrogen and oxygen atoms in total. The summed E-state index contributed by atoms with van der Waals surface area (Å²) in [5.41, 5.74) is 2.93. The van der Waals surface area contributed by atoms with Crippen LogP contribution in [-0.2, 0) is 13.5 Å². The molecule has 0 saturated carbocycles. The molecular formula is C22H19FN8O. The highest BCUT2D eigenvalue weighted by atomic mass is 19.1. The van der Waals surface area contributed by atoms with Crippen LogP contribution in [0.3, 0.4) is 0 Å². The summed E-state index contributed by atoms with van der Waals surface area (Å²) >= 11 is 0. The predicted octanol–water partition coefficient (Wildman–Crippen LogP) is 3.08. The minimum Gasteiger partial charge on any atom is -0.385 e. The van der Waals surface area contributed by atoms with Crippen molar-refractivity contribution in [3.8, 4) is 11.3 Å². The fraction of sp³-hybridized carbons (Fsp3) is 0.136. The van der Waals surface area contributed by atoms with Crippen molar-refractivity contribution < 1.29 is 9.50 Å². The van der Waals surface area contributed by atoms with Crippen LogP contribution >= 0.6 is 0 Å². The Balaban J connectivity index is 1.39. The second kappa shape index (κ2) is 8.16. The molecule has 32 heavy (non-hydrogen) atoms. The van der Waals surface area contributed by atoms with Crippen LogP contribution in [0.5, 0.6) is 0 Å². The zero-order valence-corrected chi connectivity index (χ0v) is 17.1. The molecule has 2 N–H and O–H groups in total. The quantitative estimate of drug-likeness (QED) is 0.426. The molecule has 0 aliphatic heterocycles. The van der Waals surface area contributed by atoms with E-state index in [4.69, 9.17) is 0 Å². The number of benzene rings is 1. The first kappa shape index (κ1) is 19.8. The molecule has 0 fully saturated rings. The smallest absolute Gasteiger partial charge is 0.228 e. The maximum atomic E-state index is 13.1. The summed E-state index contributed by atoms with van der Waals surface area (Å²) in [6.45, 7) is 0. The lowest BCUT2D eigenvalue weighted by Crippen LogP contribution is -2.07. The maximum Gasteiger partial charge on any atom is 0.228 e. The number of aliphatic hydroxyl groups excluding tert-OH is 1. The standard InChI is InChI=1S/C22H19FN8O/c1-30-19(7-10-25-30)27-22-24-9-6-17(26-22)15-8-11-31-20(13-15)28-29-21(31)18(32)12-14-2-4-16(23)5-3-14/h2-11,13,18,32H,12H2,1H3,(H,24,26,27). The number of halogens is 1. The molecule has 1 unspecified atom stereocenters. The van der Waals surface area contributed by atoms with Crippen molar-refractivity contribution in [1.82, 2.24) is 34.3 Å². The molecule has 1 aromatic carbocycles. The Hall–Kier alpha value is -4.18. The largest absolute Gasteiger partial charge is 0.385 e. The lowest BCUT2D eigenvalue weighted by molar-refractivity contribution is 0.167. The van der Waals surface area contributed by atoms with E-state index < -0.39 is 6.10 Å². The molecule has 5 aromatic rings. The number of nitrogens with zero attached hydrogens (tertiary/aromatic N) is 7. The average molecular weight is 430 g/mol. The van der Waals surface area contributed by atoms with Crippen molar-refractivity contribution in [3.63, 3.8) is 0 Å². The van der Waals surface area contributed by atoms with E-state index in [-0.39, 0.29) is 5.82 Å². The number of nitrogens with one attached hydrogen (secondary N) is 1. The Morgan fingerprint density at radius 3 is 2.69 bits per heavy atom. The van der Waals surface area contributed by atoms with Gasteiger partial charge in [-0.25, -0.2) is 14.4 Å². The van der Waals surface area contributed by atoms with E-state index in [1.807, 2.05) is 25.2 Å². The molecule has 0 aliphatic rings. The van der Waals surface area contributed by atoms with E-state index in [1.54, 1.807) is 45.9 Å². The summed E-state index contributed by atoms with van der Waals surface area (Å²) in [4.78, 5) is 8.83. The number of rotatable bonds is 6. The van der Waals surface area contributed by atoms with Gasteiger partial charge in [0.1, 0.15) is 17.7 Å². The van der Waals surface area contributed by atoms with Crippen LogP contribution in [0.25, 0.3) is 16.9 Å². The van der Waals surface area contributed by atoms with Crippen LogP contribution in [-0.4, -0.2) is 39.5 Å². The molecule has 5 rings (SSSR count). The average Bonchev–Trinajstić information content (AvgIpc) is 3.41. The van der Waals surface area contributed by atoms with Gasteiger partial charge >= 0.3 is 0 Å². The molecule has 1 atom stereocenters. The molecule has 0 aliphatic carbocycles. The van der Waals surface area contributed by atoms with E-state index in [0.29, 0.717) is 29.5 Å². The van der Waals surface area contributed by atoms with E-state index in [9.17, 15) is 9.50 Å². The zero-order chi connectivity index (χ0) is 22.1. The third-order valence-electron chi connectivity index (χ3n) is 5.09. The van der Waals surface area contributed by atoms with Crippen LogP contribution in [0.2, 0.25) is 0 Å². The molecule has 4 aromatic heterocycles. The number of aliphatic hydroxyl groups is 1. The van der Waals surface area contributed by atoms with Gasteiger partial charge in [0.15, 0.2) is 11.5 Å². The van der Waals surface area contributed by atoms with Crippen molar-refractivity contribution >= 4 is 17.4 Å². The van der Waals surface area contributed by atoms with Gasteiger partial charge in [0.2, 0.25) is 5.95 Å². The highest BCUT2D eigenvalue weighted by Gasteiger charge is 2.17. The van der Waals surface area contributed by atoms with Crippen LogP contribution in [0.1, 0.15) is 17.5 Å². The minimum atomic E-state index is -0.880. The van der Waals surface area contributed by atoms with E-state index in [1.165, 1.54) is 12.1 Å². The number of hydrogen-bond donors (Lipinski definition) is 2. The first-order valence-corrected chi connectivity index (χ1v) is 9.92. The first-order valence-electron chi connectivity index (χ1n) is 9.92. The van der Waals surface area contributed by atoms with Gasteiger partial charge in [-0.1, -0.05) is 12.1 Å². The summed E-state index contributed by atoms with van der Waals surface area (Å²) < 4.78 is 16.5. The maximum absolute atomic E-state index is 13.1. The molecule has 4 heterocycles. The third kappa shape index (κ3) is 3.91. The Labute approximate surface area is 182 Å². The lowest BCUT2D eigenvalue weighted by atomic mass is 10.1. The Kier molecular flexibility index (Phi) is 5.04. The summed E-state index contributed by atoms with van der Waals surface area (Å²) in [5.74, 6) is 1.32. The van der Waals surface area contributed by atoms with Gasteiger partial charge in [-0.05, 0) is 35.9 Å². The van der Waals surface area contributed by atoms with Crippen molar-refractivity contribution in [1.29, 1.82) is 0 Å². The highest BCUT2D eigenvalue weighted by molar-refractivity contribution is 5.65. The summed E-state index contributed by atoms with van der Waals surface area (Å²) in [5, 5.41) is 26.2. The zero-order valence-electron chi connectivity index (χ0n) is 17.1. The van der Waals surface area contributed by atoms with Crippen molar-refractivity contribution in [2.24, 2.45) is 7.05 Å². The van der Waals surface area contributed by atoms with Gasteiger partial charge in [-0.2, -0.15) is 5.10 Å². The minimum absolute atomic E-state index is 0.303. The first-order chi connectivity index (χ1) is 15.6. The SMILES string of the molecule is Cn1nccc1Nc1nccc(-c2ccn3c(C(O)Cc4ccc(F)cc4)nnc3c2)n1. The van der Waals surface area contributed by atoms with Gasteiger partial charge in [0.05, 0.1) is 11.9 Å². The summed E-state index contributed by atoms with van der Waals surface area (Å²) in [7, 11) is 1.83. The fourth-order valence-corrected chi connectivity index (χ4v) is 3.42. The molecule has 0 radical (unpaired) electrons. The summed E-state index contributed by atoms with van der Waals surface area (Å²) in [6.07, 6.45) is 4.58. The fourth-order valence-electron chi connectivity index (χ4n) is 3.42. The van der Waals surface area contributed by atoms with Crippen LogP contribution in [0.15, 0.2) is 67.1 Å². The monoisotopic (exact) mass is 430 g/mol. The Morgan fingerprint density at radius 1 is 1.06 bits per heavy atom. The third-order valence-corrected chi connectivity index (χ3v) is 5.09. The molecule has 0 spiro atoms. The molecule has 160 valence electrons. The van der Waals surface area contributed by atoms with Crippen molar-refractivity contribution in [2.45, 2.75) is 12.5 Å². The number of aryl methyl sites for hydroxylation is 1. The van der Waals surface area contributed by atoms with Gasteiger partial charge in [0, 0.05) is 37.5 Å².